The molecular weight excluding hydrogens is 292 g/mol. The molecule has 3 nitrogen and oxygen atoms in total. The van der Waals surface area contributed by atoms with Crippen molar-refractivity contribution in [2.45, 2.75) is 33.7 Å². The van der Waals surface area contributed by atoms with Crippen LogP contribution in [0.15, 0.2) is 22.7 Å². The van der Waals surface area contributed by atoms with Gasteiger partial charge in [0.05, 0.1) is 0 Å². The van der Waals surface area contributed by atoms with E-state index in [1.54, 1.807) is 0 Å². The van der Waals surface area contributed by atoms with Crippen LogP contribution in [-0.4, -0.2) is 18.5 Å². The third kappa shape index (κ3) is 3.82. The summed E-state index contributed by atoms with van der Waals surface area (Å²) in [6.45, 7) is 8.57. The van der Waals surface area contributed by atoms with Crippen LogP contribution in [0.25, 0.3) is 0 Å². The maximum atomic E-state index is 12.2. The molecule has 1 atom stereocenters. The molecule has 0 saturated carbocycles. The number of nitrogens with two attached hydrogens (primary N) is 1. The highest BCUT2D eigenvalue weighted by Gasteiger charge is 2.25. The van der Waals surface area contributed by atoms with Gasteiger partial charge in [-0.3, -0.25) is 4.79 Å². The second-order valence-corrected chi connectivity index (χ2v) is 6.50. The topological polar surface area (TPSA) is 55.1 Å². The van der Waals surface area contributed by atoms with Crippen molar-refractivity contribution in [3.8, 4) is 0 Å². The molecule has 0 aliphatic carbocycles. The maximum absolute atomic E-state index is 12.2. The summed E-state index contributed by atoms with van der Waals surface area (Å²) < 4.78 is 0.975. The lowest BCUT2D eigenvalue weighted by Gasteiger charge is -2.30. The smallest absolute Gasteiger partial charge is 0.251 e. The molecule has 1 unspecified atom stereocenters. The zero-order chi connectivity index (χ0) is 13.9. The van der Waals surface area contributed by atoms with E-state index in [-0.39, 0.29) is 17.4 Å². The van der Waals surface area contributed by atoms with Gasteiger partial charge in [0.25, 0.3) is 5.91 Å². The minimum Gasteiger partial charge on any atom is -0.347 e. The van der Waals surface area contributed by atoms with Crippen molar-refractivity contribution in [2.24, 2.45) is 11.1 Å². The summed E-state index contributed by atoms with van der Waals surface area (Å²) >= 11 is 3.39. The first-order valence-corrected chi connectivity index (χ1v) is 6.82. The Morgan fingerprint density at radius 3 is 2.50 bits per heavy atom. The number of nitrogens with one attached hydrogen (secondary N) is 1. The predicted octanol–water partition coefficient (Wildman–Crippen LogP) is 2.86. The van der Waals surface area contributed by atoms with Gasteiger partial charge in [-0.1, -0.05) is 36.7 Å². The third-order valence-corrected chi connectivity index (χ3v) is 3.51. The molecule has 18 heavy (non-hydrogen) atoms. The number of halogens is 1. The Kier molecular flexibility index (Phi) is 4.93. The zero-order valence-corrected chi connectivity index (χ0v) is 13.0. The fourth-order valence-corrected chi connectivity index (χ4v) is 2.22. The van der Waals surface area contributed by atoms with Crippen molar-refractivity contribution < 1.29 is 4.79 Å². The van der Waals surface area contributed by atoms with E-state index in [1.165, 1.54) is 0 Å². The average Bonchev–Trinajstić information content (AvgIpc) is 2.23. The van der Waals surface area contributed by atoms with Crippen LogP contribution in [-0.2, 0) is 0 Å². The quantitative estimate of drug-likeness (QED) is 0.901. The summed E-state index contributed by atoms with van der Waals surface area (Å²) in [5, 5.41) is 3.00. The van der Waals surface area contributed by atoms with Gasteiger partial charge < -0.3 is 11.1 Å². The molecule has 1 aromatic carbocycles. The molecule has 0 spiro atoms. The van der Waals surface area contributed by atoms with Gasteiger partial charge in [-0.15, -0.1) is 0 Å². The Hall–Kier alpha value is -0.870. The van der Waals surface area contributed by atoms with Gasteiger partial charge in [0.1, 0.15) is 0 Å². The summed E-state index contributed by atoms with van der Waals surface area (Å²) in [6, 6.07) is 5.60. The summed E-state index contributed by atoms with van der Waals surface area (Å²) in [4.78, 5) is 12.2. The Labute approximate surface area is 117 Å². The van der Waals surface area contributed by atoms with Crippen molar-refractivity contribution in [1.82, 2.24) is 5.32 Å². The Morgan fingerprint density at radius 2 is 2.06 bits per heavy atom. The Morgan fingerprint density at radius 1 is 1.44 bits per heavy atom. The first-order valence-electron chi connectivity index (χ1n) is 6.02. The van der Waals surface area contributed by atoms with Crippen LogP contribution >= 0.6 is 15.9 Å². The van der Waals surface area contributed by atoms with Crippen molar-refractivity contribution >= 4 is 21.8 Å². The summed E-state index contributed by atoms with van der Waals surface area (Å²) in [5.41, 5.74) is 7.32. The highest BCUT2D eigenvalue weighted by atomic mass is 79.9. The van der Waals surface area contributed by atoms with Crippen LogP contribution in [0.3, 0.4) is 0 Å². The Balaban J connectivity index is 2.88. The predicted molar refractivity (Wildman–Crippen MR) is 78.6 cm³/mol. The maximum Gasteiger partial charge on any atom is 0.251 e. The molecule has 0 saturated heterocycles. The fourth-order valence-electron chi connectivity index (χ4n) is 1.75. The van der Waals surface area contributed by atoms with E-state index < -0.39 is 0 Å². The van der Waals surface area contributed by atoms with Crippen molar-refractivity contribution in [3.05, 3.63) is 33.8 Å². The molecule has 0 heterocycles. The lowest BCUT2D eigenvalue weighted by atomic mass is 9.86. The van der Waals surface area contributed by atoms with Crippen molar-refractivity contribution in [1.29, 1.82) is 0 Å². The molecule has 0 fully saturated rings. The first-order chi connectivity index (χ1) is 8.25. The van der Waals surface area contributed by atoms with E-state index in [4.69, 9.17) is 5.73 Å². The van der Waals surface area contributed by atoms with Crippen LogP contribution in [0.2, 0.25) is 0 Å². The minimum atomic E-state index is -0.0645. The number of carbonyl (C=O) groups is 1. The highest BCUT2D eigenvalue weighted by Crippen LogP contribution is 2.20. The molecular formula is C14H21BrN2O. The van der Waals surface area contributed by atoms with Gasteiger partial charge in [0.15, 0.2) is 0 Å². The number of carbonyl (C=O) groups excluding carboxylic acids is 1. The van der Waals surface area contributed by atoms with Crippen molar-refractivity contribution in [3.63, 3.8) is 0 Å². The van der Waals surface area contributed by atoms with Crippen LogP contribution in [0.4, 0.5) is 0 Å². The van der Waals surface area contributed by atoms with Gasteiger partial charge in [-0.05, 0) is 36.1 Å². The minimum absolute atomic E-state index is 0.0342. The van der Waals surface area contributed by atoms with Crippen LogP contribution < -0.4 is 11.1 Å². The molecule has 0 radical (unpaired) electrons. The Bertz CT molecular complexity index is 438. The summed E-state index contributed by atoms with van der Waals surface area (Å²) in [7, 11) is 0. The van der Waals surface area contributed by atoms with Crippen molar-refractivity contribution in [2.75, 3.05) is 6.54 Å². The normalized spacial score (nSPS) is 13.2. The monoisotopic (exact) mass is 312 g/mol. The number of benzene rings is 1. The second kappa shape index (κ2) is 5.85. The van der Waals surface area contributed by atoms with E-state index in [2.05, 4.69) is 42.0 Å². The molecule has 0 aliphatic rings. The second-order valence-electron chi connectivity index (χ2n) is 5.59. The van der Waals surface area contributed by atoms with Gasteiger partial charge in [0, 0.05) is 22.6 Å². The molecule has 1 aromatic rings. The molecule has 4 heteroatoms. The lowest BCUT2D eigenvalue weighted by Crippen LogP contribution is -2.48. The standard InChI is InChI=1S/C14H21BrN2O/c1-9-7-10(15)5-6-11(9)13(18)17-12(8-16)14(2,3)4/h5-7,12H,8,16H2,1-4H3,(H,17,18). The molecule has 0 aromatic heterocycles. The molecule has 3 N–H and O–H groups in total. The van der Waals surface area contributed by atoms with Gasteiger partial charge >= 0.3 is 0 Å². The molecule has 1 rings (SSSR count). The number of hydrogen-bond donors (Lipinski definition) is 2. The fraction of sp³-hybridized carbons (Fsp3) is 0.500. The summed E-state index contributed by atoms with van der Waals surface area (Å²) in [6.07, 6.45) is 0. The lowest BCUT2D eigenvalue weighted by molar-refractivity contribution is 0.0905. The molecule has 1 amide bonds. The number of rotatable bonds is 3. The zero-order valence-electron chi connectivity index (χ0n) is 11.4. The number of hydrogen-bond acceptors (Lipinski definition) is 2. The summed E-state index contributed by atoms with van der Waals surface area (Å²) in [5.74, 6) is -0.0645. The largest absolute Gasteiger partial charge is 0.347 e. The molecule has 100 valence electrons. The van der Waals surface area contributed by atoms with Crippen LogP contribution in [0.1, 0.15) is 36.7 Å². The number of aryl methyl sites for hydroxylation is 1. The third-order valence-electron chi connectivity index (χ3n) is 3.02. The molecule has 0 aliphatic heterocycles. The van der Waals surface area contributed by atoms with Crippen LogP contribution in [0.5, 0.6) is 0 Å². The van der Waals surface area contributed by atoms with E-state index >= 15 is 0 Å². The highest BCUT2D eigenvalue weighted by molar-refractivity contribution is 9.10. The van der Waals surface area contributed by atoms with E-state index in [0.29, 0.717) is 12.1 Å². The number of amides is 1. The molecule has 0 bridgehead atoms. The SMILES string of the molecule is Cc1cc(Br)ccc1C(=O)NC(CN)C(C)(C)C. The van der Waals surface area contributed by atoms with Gasteiger partial charge in [-0.2, -0.15) is 0 Å². The van der Waals surface area contributed by atoms with E-state index in [9.17, 15) is 4.79 Å². The van der Waals surface area contributed by atoms with E-state index in [0.717, 1.165) is 10.0 Å². The first kappa shape index (κ1) is 15.2. The van der Waals surface area contributed by atoms with Gasteiger partial charge in [-0.25, -0.2) is 0 Å². The van der Waals surface area contributed by atoms with E-state index in [1.807, 2.05) is 25.1 Å². The average molecular weight is 313 g/mol. The van der Waals surface area contributed by atoms with Crippen LogP contribution in [0, 0.1) is 12.3 Å². The van der Waals surface area contributed by atoms with Gasteiger partial charge in [0.2, 0.25) is 0 Å².